The normalized spacial score (nSPS) is 22.0. The topological polar surface area (TPSA) is 55.6 Å². The zero-order valence-electron chi connectivity index (χ0n) is 13.1. The van der Waals surface area contributed by atoms with Crippen molar-refractivity contribution in [2.24, 2.45) is 5.73 Å². The number of ether oxygens (including phenoxy) is 1. The van der Waals surface area contributed by atoms with Crippen LogP contribution in [0.2, 0.25) is 0 Å². The third-order valence-electron chi connectivity index (χ3n) is 4.87. The molecule has 1 heterocycles. The zero-order valence-corrected chi connectivity index (χ0v) is 13.1. The number of benzene rings is 1. The Morgan fingerprint density at radius 3 is 2.27 bits per heavy atom. The average Bonchev–Trinajstić information content (AvgIpc) is 3.08. The first kappa shape index (κ1) is 15.5. The lowest BCUT2D eigenvalue weighted by Crippen LogP contribution is -2.45. The number of hydrogen-bond donors (Lipinski definition) is 1. The van der Waals surface area contributed by atoms with E-state index in [0.29, 0.717) is 12.2 Å². The van der Waals surface area contributed by atoms with Crippen LogP contribution < -0.4 is 5.73 Å². The van der Waals surface area contributed by atoms with Gasteiger partial charge in [-0.05, 0) is 31.2 Å². The molecule has 2 N–H and O–H groups in total. The van der Waals surface area contributed by atoms with Gasteiger partial charge < -0.3 is 15.4 Å². The first-order chi connectivity index (χ1) is 10.7. The molecule has 0 aromatic heterocycles. The van der Waals surface area contributed by atoms with E-state index >= 15 is 0 Å². The van der Waals surface area contributed by atoms with Crippen LogP contribution in [0.5, 0.6) is 0 Å². The molecule has 2 fully saturated rings. The number of nitrogens with zero attached hydrogens (tertiary/aromatic N) is 1. The highest BCUT2D eigenvalue weighted by molar-refractivity contribution is 5.83. The van der Waals surface area contributed by atoms with E-state index in [1.807, 2.05) is 35.2 Å². The first-order valence-electron chi connectivity index (χ1n) is 8.49. The highest BCUT2D eigenvalue weighted by atomic mass is 16.5. The Hall–Kier alpha value is -1.39. The third kappa shape index (κ3) is 3.68. The van der Waals surface area contributed by atoms with Crippen LogP contribution in [0.3, 0.4) is 0 Å². The van der Waals surface area contributed by atoms with Crippen LogP contribution in [-0.4, -0.2) is 36.1 Å². The predicted octanol–water partition coefficient (Wildman–Crippen LogP) is 2.64. The lowest BCUT2D eigenvalue weighted by molar-refractivity contribution is -0.136. The van der Waals surface area contributed by atoms with Gasteiger partial charge in [-0.15, -0.1) is 0 Å². The van der Waals surface area contributed by atoms with Crippen molar-refractivity contribution >= 4 is 5.91 Å². The maximum absolute atomic E-state index is 12.5. The van der Waals surface area contributed by atoms with E-state index in [9.17, 15) is 4.79 Å². The fourth-order valence-corrected chi connectivity index (χ4v) is 3.51. The van der Waals surface area contributed by atoms with Crippen LogP contribution >= 0.6 is 0 Å². The molecule has 1 aromatic carbocycles. The van der Waals surface area contributed by atoms with Gasteiger partial charge in [-0.2, -0.15) is 0 Å². The summed E-state index contributed by atoms with van der Waals surface area (Å²) in [6, 6.07) is 9.06. The molecule has 22 heavy (non-hydrogen) atoms. The minimum atomic E-state index is -0.548. The molecule has 4 heteroatoms. The van der Waals surface area contributed by atoms with Gasteiger partial charge in [0.15, 0.2) is 0 Å². The van der Waals surface area contributed by atoms with Gasteiger partial charge >= 0.3 is 0 Å². The number of carbonyl (C=O) groups is 1. The molecule has 4 nitrogen and oxygen atoms in total. The summed E-state index contributed by atoms with van der Waals surface area (Å²) < 4.78 is 6.16. The largest absolute Gasteiger partial charge is 0.375 e. The molecule has 1 unspecified atom stereocenters. The summed E-state index contributed by atoms with van der Waals surface area (Å²) in [7, 11) is 0. The van der Waals surface area contributed by atoms with Gasteiger partial charge in [-0.3, -0.25) is 4.79 Å². The van der Waals surface area contributed by atoms with Crippen LogP contribution in [0.4, 0.5) is 0 Å². The molecule has 1 saturated heterocycles. The maximum Gasteiger partial charge on any atom is 0.244 e. The molecular formula is C18H26N2O2. The number of piperidine rings is 1. The van der Waals surface area contributed by atoms with E-state index in [4.69, 9.17) is 10.5 Å². The van der Waals surface area contributed by atoms with Crippen LogP contribution in [0.15, 0.2) is 30.3 Å². The van der Waals surface area contributed by atoms with Gasteiger partial charge in [-0.25, -0.2) is 0 Å². The molecule has 0 spiro atoms. The van der Waals surface area contributed by atoms with Gasteiger partial charge in [0.2, 0.25) is 5.91 Å². The van der Waals surface area contributed by atoms with Crippen LogP contribution in [0, 0.1) is 0 Å². The summed E-state index contributed by atoms with van der Waals surface area (Å²) in [4.78, 5) is 14.4. The Balaban J connectivity index is 1.49. The van der Waals surface area contributed by atoms with Crippen LogP contribution in [0.1, 0.15) is 50.1 Å². The van der Waals surface area contributed by atoms with Gasteiger partial charge in [0.05, 0.1) is 12.2 Å². The van der Waals surface area contributed by atoms with E-state index in [0.717, 1.165) is 31.5 Å². The molecule has 0 radical (unpaired) electrons. The summed E-state index contributed by atoms with van der Waals surface area (Å²) >= 11 is 0. The number of nitrogens with two attached hydrogens (primary N) is 1. The van der Waals surface area contributed by atoms with Crippen LogP contribution in [0.25, 0.3) is 0 Å². The predicted molar refractivity (Wildman–Crippen MR) is 86.3 cm³/mol. The number of rotatable bonds is 4. The van der Waals surface area contributed by atoms with Crippen molar-refractivity contribution in [2.45, 2.75) is 56.8 Å². The highest BCUT2D eigenvalue weighted by Gasteiger charge is 2.29. The molecule has 1 atom stereocenters. The lowest BCUT2D eigenvalue weighted by Gasteiger charge is -2.34. The third-order valence-corrected chi connectivity index (χ3v) is 4.87. The molecule has 1 aliphatic heterocycles. The molecule has 1 amide bonds. The van der Waals surface area contributed by atoms with Gasteiger partial charge in [0.25, 0.3) is 0 Å². The first-order valence-corrected chi connectivity index (χ1v) is 8.49. The SMILES string of the molecule is NC(C(=O)N1CCC(OC2CCCC2)CC1)c1ccccc1. The minimum absolute atomic E-state index is 0.0329. The molecule has 3 rings (SSSR count). The highest BCUT2D eigenvalue weighted by Crippen LogP contribution is 2.26. The van der Waals surface area contributed by atoms with Crippen molar-refractivity contribution in [3.63, 3.8) is 0 Å². The smallest absolute Gasteiger partial charge is 0.244 e. The van der Waals surface area contributed by atoms with Gasteiger partial charge in [0.1, 0.15) is 6.04 Å². The second kappa shape index (κ2) is 7.25. The fraction of sp³-hybridized carbons (Fsp3) is 0.611. The van der Waals surface area contributed by atoms with Crippen LogP contribution in [-0.2, 0) is 9.53 Å². The lowest BCUT2D eigenvalue weighted by atomic mass is 10.0. The summed E-state index contributed by atoms with van der Waals surface area (Å²) in [5.41, 5.74) is 7.00. The van der Waals surface area contributed by atoms with Crippen molar-refractivity contribution in [1.82, 2.24) is 4.90 Å². The molecule has 120 valence electrons. The summed E-state index contributed by atoms with van der Waals surface area (Å²) in [5, 5.41) is 0. The van der Waals surface area contributed by atoms with E-state index in [2.05, 4.69) is 0 Å². The Kier molecular flexibility index (Phi) is 5.11. The monoisotopic (exact) mass is 302 g/mol. The molecule has 1 aliphatic carbocycles. The molecule has 1 aromatic rings. The average molecular weight is 302 g/mol. The quantitative estimate of drug-likeness (QED) is 0.930. The van der Waals surface area contributed by atoms with E-state index in [1.54, 1.807) is 0 Å². The van der Waals surface area contributed by atoms with Crippen molar-refractivity contribution in [2.75, 3.05) is 13.1 Å². The summed E-state index contributed by atoms with van der Waals surface area (Å²) in [6.07, 6.45) is 7.66. The Labute approximate surface area is 132 Å². The Morgan fingerprint density at radius 1 is 1.05 bits per heavy atom. The number of carbonyl (C=O) groups excluding carboxylic acids is 1. The van der Waals surface area contributed by atoms with Gasteiger partial charge in [0, 0.05) is 13.1 Å². The second-order valence-electron chi connectivity index (χ2n) is 6.46. The fourth-order valence-electron chi connectivity index (χ4n) is 3.51. The Bertz CT molecular complexity index is 477. The van der Waals surface area contributed by atoms with Gasteiger partial charge in [-0.1, -0.05) is 43.2 Å². The Morgan fingerprint density at radius 2 is 1.64 bits per heavy atom. The molecule has 2 aliphatic rings. The van der Waals surface area contributed by atoms with Crippen molar-refractivity contribution in [1.29, 1.82) is 0 Å². The second-order valence-corrected chi connectivity index (χ2v) is 6.46. The standard InChI is InChI=1S/C18H26N2O2/c19-17(14-6-2-1-3-7-14)18(21)20-12-10-16(11-13-20)22-15-8-4-5-9-15/h1-3,6-7,15-17H,4-5,8-13,19H2. The molecule has 1 saturated carbocycles. The van der Waals surface area contributed by atoms with Crippen molar-refractivity contribution < 1.29 is 9.53 Å². The van der Waals surface area contributed by atoms with E-state index < -0.39 is 6.04 Å². The zero-order chi connectivity index (χ0) is 15.4. The van der Waals surface area contributed by atoms with Crippen molar-refractivity contribution in [3.8, 4) is 0 Å². The van der Waals surface area contributed by atoms with Crippen molar-refractivity contribution in [3.05, 3.63) is 35.9 Å². The maximum atomic E-state index is 12.5. The number of likely N-dealkylation sites (tertiary alicyclic amines) is 1. The molecular weight excluding hydrogens is 276 g/mol. The number of hydrogen-bond acceptors (Lipinski definition) is 3. The summed E-state index contributed by atoms with van der Waals surface area (Å²) in [6.45, 7) is 1.52. The number of amides is 1. The molecule has 0 bridgehead atoms. The summed E-state index contributed by atoms with van der Waals surface area (Å²) in [5.74, 6) is 0.0329. The minimum Gasteiger partial charge on any atom is -0.375 e. The van der Waals surface area contributed by atoms with E-state index in [1.165, 1.54) is 25.7 Å². The van der Waals surface area contributed by atoms with E-state index in [-0.39, 0.29) is 5.91 Å².